The first-order valence-corrected chi connectivity index (χ1v) is 12.5. The Morgan fingerprint density at radius 2 is 1.71 bits per heavy atom. The van der Waals surface area contributed by atoms with Crippen molar-refractivity contribution >= 4 is 63.5 Å². The van der Waals surface area contributed by atoms with Gasteiger partial charge in [-0.3, -0.25) is 9.47 Å². The fourth-order valence-corrected chi connectivity index (χ4v) is 5.11. The molecular weight excluding hydrogens is 511 g/mol. The van der Waals surface area contributed by atoms with E-state index in [9.17, 15) is 4.79 Å². The number of thioether (sulfide) groups is 1. The summed E-state index contributed by atoms with van der Waals surface area (Å²) >= 11 is 18.9. The van der Waals surface area contributed by atoms with Crippen LogP contribution in [-0.2, 0) is 11.4 Å². The fourth-order valence-electron chi connectivity index (χ4n) is 3.55. The van der Waals surface area contributed by atoms with Crippen LogP contribution in [0.3, 0.4) is 0 Å². The second-order valence-electron chi connectivity index (χ2n) is 7.60. The van der Waals surface area contributed by atoms with Crippen molar-refractivity contribution in [2.24, 2.45) is 0 Å². The van der Waals surface area contributed by atoms with Crippen molar-refractivity contribution < 1.29 is 14.3 Å². The number of nitrogens with zero attached hydrogens (tertiary/aromatic N) is 2. The Balaban J connectivity index is 1.56. The van der Waals surface area contributed by atoms with E-state index in [0.717, 1.165) is 22.5 Å². The van der Waals surface area contributed by atoms with Crippen molar-refractivity contribution in [3.63, 3.8) is 0 Å². The van der Waals surface area contributed by atoms with Gasteiger partial charge in [0, 0.05) is 11.4 Å². The lowest BCUT2D eigenvalue weighted by Gasteiger charge is -2.20. The molecule has 2 aromatic carbocycles. The maximum Gasteiger partial charge on any atom is 0.285 e. The van der Waals surface area contributed by atoms with Crippen LogP contribution >= 0.6 is 47.2 Å². The number of benzene rings is 2. The average molecular weight is 534 g/mol. The van der Waals surface area contributed by atoms with E-state index in [1.807, 2.05) is 67.9 Å². The third kappa shape index (κ3) is 5.13. The maximum atomic E-state index is 13.2. The van der Waals surface area contributed by atoms with Crippen molar-refractivity contribution in [3.05, 3.63) is 86.0 Å². The predicted molar refractivity (Wildman–Crippen MR) is 144 cm³/mol. The topological polar surface area (TPSA) is 43.7 Å². The van der Waals surface area contributed by atoms with Gasteiger partial charge in [0.25, 0.3) is 5.91 Å². The highest BCUT2D eigenvalue weighted by atomic mass is 35.5. The normalized spacial score (nSPS) is 14.9. The molecule has 0 spiro atoms. The highest BCUT2D eigenvalue weighted by Crippen LogP contribution is 2.35. The van der Waals surface area contributed by atoms with Crippen LogP contribution < -0.4 is 14.5 Å². The predicted octanol–water partition coefficient (Wildman–Crippen LogP) is 6.93. The highest BCUT2D eigenvalue weighted by Gasteiger charge is 2.34. The number of thiocarbonyl (C=S) groups is 1. The number of hydrogen-bond donors (Lipinski definition) is 0. The Morgan fingerprint density at radius 3 is 2.38 bits per heavy atom. The van der Waals surface area contributed by atoms with Crippen LogP contribution in [0.25, 0.3) is 6.08 Å². The monoisotopic (exact) mass is 532 g/mol. The maximum absolute atomic E-state index is 13.2. The van der Waals surface area contributed by atoms with Crippen LogP contribution in [0.4, 0.5) is 0 Å². The molecule has 1 amide bonds. The molecule has 34 heavy (non-hydrogen) atoms. The van der Waals surface area contributed by atoms with Crippen LogP contribution in [0.5, 0.6) is 11.5 Å². The molecule has 0 N–H and O–H groups in total. The molecule has 5 nitrogen and oxygen atoms in total. The summed E-state index contributed by atoms with van der Waals surface area (Å²) in [4.78, 5) is 13.7. The van der Waals surface area contributed by atoms with Crippen molar-refractivity contribution in [2.45, 2.75) is 27.4 Å². The molecule has 0 unspecified atom stereocenters. The minimum atomic E-state index is -0.157. The first-order chi connectivity index (χ1) is 16.3. The summed E-state index contributed by atoms with van der Waals surface area (Å²) in [7, 11) is 0. The molecule has 0 bridgehead atoms. The third-order valence-electron chi connectivity index (χ3n) is 5.15. The summed E-state index contributed by atoms with van der Waals surface area (Å²) in [5.74, 6) is 1.02. The molecule has 9 heteroatoms. The van der Waals surface area contributed by atoms with Gasteiger partial charge in [0.15, 0.2) is 15.8 Å². The molecule has 3 aromatic rings. The van der Waals surface area contributed by atoms with Gasteiger partial charge in [-0.25, -0.2) is 0 Å². The number of rotatable bonds is 7. The van der Waals surface area contributed by atoms with Crippen LogP contribution in [0.15, 0.2) is 53.4 Å². The molecule has 0 radical (unpaired) electrons. The lowest BCUT2D eigenvalue weighted by molar-refractivity contribution is -0.114. The number of halogens is 2. The minimum Gasteiger partial charge on any atom is -0.490 e. The molecule has 0 saturated carbocycles. The van der Waals surface area contributed by atoms with E-state index < -0.39 is 0 Å². The third-order valence-corrected chi connectivity index (χ3v) is 7.17. The van der Waals surface area contributed by atoms with E-state index in [4.69, 9.17) is 44.9 Å². The molecule has 1 saturated heterocycles. The first-order valence-electron chi connectivity index (χ1n) is 10.5. The Kier molecular flexibility index (Phi) is 7.57. The number of hydrogen-bond acceptors (Lipinski definition) is 5. The van der Waals surface area contributed by atoms with Gasteiger partial charge in [0.1, 0.15) is 6.61 Å². The van der Waals surface area contributed by atoms with Crippen LogP contribution in [0, 0.1) is 13.8 Å². The van der Waals surface area contributed by atoms with Gasteiger partial charge in [-0.15, -0.1) is 0 Å². The number of aromatic nitrogens is 1. The second-order valence-corrected chi connectivity index (χ2v) is 10.1. The quantitative estimate of drug-likeness (QED) is 0.244. The molecule has 4 rings (SSSR count). The van der Waals surface area contributed by atoms with Gasteiger partial charge < -0.3 is 9.47 Å². The van der Waals surface area contributed by atoms with Gasteiger partial charge >= 0.3 is 0 Å². The summed E-state index contributed by atoms with van der Waals surface area (Å²) in [6.07, 6.45) is 1.82. The first kappa shape index (κ1) is 24.7. The Bertz CT molecular complexity index is 1280. The zero-order chi connectivity index (χ0) is 24.4. The molecular formula is C25H22Cl2N2O3S2. The molecule has 0 atom stereocenters. The van der Waals surface area contributed by atoms with Gasteiger partial charge in [-0.1, -0.05) is 47.1 Å². The zero-order valence-electron chi connectivity index (χ0n) is 18.8. The summed E-state index contributed by atoms with van der Waals surface area (Å²) in [5.41, 5.74) is 3.58. The van der Waals surface area contributed by atoms with E-state index in [-0.39, 0.29) is 5.91 Å². The average Bonchev–Trinajstić information content (AvgIpc) is 3.26. The SMILES string of the molecule is CCOc1cc(/C=C2/SC(=S)N(n3c(C)ccc3C)C2=O)ccc1OCc1ccc(Cl)c(Cl)c1. The van der Waals surface area contributed by atoms with E-state index in [1.54, 1.807) is 12.1 Å². The Morgan fingerprint density at radius 1 is 0.971 bits per heavy atom. The van der Waals surface area contributed by atoms with Crippen molar-refractivity contribution in [3.8, 4) is 11.5 Å². The Labute approximate surface area is 218 Å². The summed E-state index contributed by atoms with van der Waals surface area (Å²) in [5, 5.41) is 2.51. The molecule has 176 valence electrons. The van der Waals surface area contributed by atoms with Gasteiger partial charge in [-0.05, 0) is 86.6 Å². The van der Waals surface area contributed by atoms with Gasteiger partial charge in [-0.2, -0.15) is 5.01 Å². The summed E-state index contributed by atoms with van der Waals surface area (Å²) in [6.45, 7) is 6.58. The second kappa shape index (κ2) is 10.4. The molecule has 1 aliphatic heterocycles. The van der Waals surface area contributed by atoms with Gasteiger partial charge in [0.05, 0.1) is 21.6 Å². The molecule has 1 aromatic heterocycles. The lowest BCUT2D eigenvalue weighted by atomic mass is 10.1. The minimum absolute atomic E-state index is 0.157. The van der Waals surface area contributed by atoms with Crippen molar-refractivity contribution in [2.75, 3.05) is 11.6 Å². The summed E-state index contributed by atoms with van der Waals surface area (Å²) < 4.78 is 14.1. The van der Waals surface area contributed by atoms with Crippen molar-refractivity contribution in [1.82, 2.24) is 4.68 Å². The van der Waals surface area contributed by atoms with Gasteiger partial charge in [0.2, 0.25) is 0 Å². The van der Waals surface area contributed by atoms with Crippen LogP contribution in [0.1, 0.15) is 29.4 Å². The Hall–Kier alpha value is -2.45. The van der Waals surface area contributed by atoms with E-state index in [2.05, 4.69) is 0 Å². The van der Waals surface area contributed by atoms with E-state index >= 15 is 0 Å². The molecule has 1 aliphatic rings. The fraction of sp³-hybridized carbons (Fsp3) is 0.200. The number of ether oxygens (including phenoxy) is 2. The van der Waals surface area contributed by atoms with Crippen LogP contribution in [0.2, 0.25) is 10.0 Å². The number of carbonyl (C=O) groups is 1. The summed E-state index contributed by atoms with van der Waals surface area (Å²) in [6, 6.07) is 14.9. The van der Waals surface area contributed by atoms with Crippen LogP contribution in [-0.4, -0.2) is 21.5 Å². The molecule has 0 aliphatic carbocycles. The smallest absolute Gasteiger partial charge is 0.285 e. The standard InChI is InChI=1S/C25H22Cl2N2O3S2/c1-4-31-22-12-17(8-10-21(22)32-14-18-7-9-19(26)20(27)11-18)13-23-24(30)29(25(33)34-23)28-15(2)5-6-16(28)3/h5-13H,4,14H2,1-3H3/b23-13+. The largest absolute Gasteiger partial charge is 0.490 e. The highest BCUT2D eigenvalue weighted by molar-refractivity contribution is 8.27. The molecule has 2 heterocycles. The zero-order valence-corrected chi connectivity index (χ0v) is 21.9. The molecule has 1 fully saturated rings. The number of carbonyl (C=O) groups excluding carboxylic acids is 1. The van der Waals surface area contributed by atoms with E-state index in [1.165, 1.54) is 16.8 Å². The number of amides is 1. The van der Waals surface area contributed by atoms with E-state index in [0.29, 0.717) is 44.0 Å². The number of aryl methyl sites for hydroxylation is 2. The van der Waals surface area contributed by atoms with Crippen molar-refractivity contribution in [1.29, 1.82) is 0 Å². The lowest BCUT2D eigenvalue weighted by Crippen LogP contribution is -2.39.